The van der Waals surface area contributed by atoms with E-state index < -0.39 is 0 Å². The predicted molar refractivity (Wildman–Crippen MR) is 217 cm³/mol. The molecule has 5 nitrogen and oxygen atoms in total. The van der Waals surface area contributed by atoms with Crippen molar-refractivity contribution < 1.29 is 0 Å². The van der Waals surface area contributed by atoms with Gasteiger partial charge in [0.15, 0.2) is 17.5 Å². The van der Waals surface area contributed by atoms with E-state index >= 15 is 0 Å². The topological polar surface area (TPSA) is 48.5 Å². The van der Waals surface area contributed by atoms with Crippen LogP contribution in [0.1, 0.15) is 0 Å². The Kier molecular flexibility index (Phi) is 6.72. The van der Waals surface area contributed by atoms with Crippen LogP contribution >= 0.6 is 11.8 Å². The molecule has 0 fully saturated rings. The van der Waals surface area contributed by atoms with Gasteiger partial charge in [-0.05, 0) is 59.7 Å². The Balaban J connectivity index is 1.07. The van der Waals surface area contributed by atoms with Crippen LogP contribution in [0.2, 0.25) is 0 Å². The molecule has 0 amide bonds. The number of hydrogen-bond donors (Lipinski definition) is 0. The summed E-state index contributed by atoms with van der Waals surface area (Å²) in [5, 5.41) is 3.78. The molecule has 0 spiro atoms. The van der Waals surface area contributed by atoms with Crippen molar-refractivity contribution in [3.8, 4) is 56.7 Å². The minimum Gasteiger partial charge on any atom is -0.295 e. The Morgan fingerprint density at radius 2 is 0.887 bits per heavy atom. The van der Waals surface area contributed by atoms with Crippen LogP contribution in [0, 0.1) is 0 Å². The van der Waals surface area contributed by atoms with Gasteiger partial charge in [-0.15, -0.1) is 0 Å². The second-order valence-electron chi connectivity index (χ2n) is 13.3. The summed E-state index contributed by atoms with van der Waals surface area (Å²) in [5.41, 5.74) is 11.0. The molecule has 1 aliphatic rings. The van der Waals surface area contributed by atoms with Crippen LogP contribution < -0.4 is 0 Å². The van der Waals surface area contributed by atoms with E-state index in [0.29, 0.717) is 17.5 Å². The Morgan fingerprint density at radius 3 is 1.60 bits per heavy atom. The first-order valence-electron chi connectivity index (χ1n) is 17.7. The van der Waals surface area contributed by atoms with Crippen molar-refractivity contribution in [1.29, 1.82) is 0 Å². The fraction of sp³-hybridized carbons (Fsp3) is 0. The molecule has 1 aliphatic heterocycles. The van der Waals surface area contributed by atoms with Gasteiger partial charge in [0.2, 0.25) is 0 Å². The normalized spacial score (nSPS) is 12.1. The lowest BCUT2D eigenvalue weighted by Gasteiger charge is -2.21. The highest BCUT2D eigenvalue weighted by molar-refractivity contribution is 7.99. The average Bonchev–Trinajstić information content (AvgIpc) is 3.76. The van der Waals surface area contributed by atoms with Crippen molar-refractivity contribution in [3.63, 3.8) is 0 Å². The van der Waals surface area contributed by atoms with Crippen LogP contribution in [-0.2, 0) is 0 Å². The maximum atomic E-state index is 5.06. The fourth-order valence-corrected chi connectivity index (χ4v) is 8.83. The van der Waals surface area contributed by atoms with Crippen LogP contribution in [0.3, 0.4) is 0 Å². The van der Waals surface area contributed by atoms with Gasteiger partial charge in [-0.3, -0.25) is 9.13 Å². The number of benzene rings is 7. The molecule has 7 aromatic carbocycles. The highest BCUT2D eigenvalue weighted by Crippen LogP contribution is 2.49. The zero-order chi connectivity index (χ0) is 34.9. The monoisotopic (exact) mass is 695 g/mol. The van der Waals surface area contributed by atoms with E-state index in [0.717, 1.165) is 27.9 Å². The first-order chi connectivity index (χ1) is 26.3. The third-order valence-corrected chi connectivity index (χ3v) is 11.3. The Hall–Kier alpha value is -6.76. The van der Waals surface area contributed by atoms with E-state index in [2.05, 4.69) is 149 Å². The van der Waals surface area contributed by atoms with Crippen molar-refractivity contribution >= 4 is 44.6 Å². The summed E-state index contributed by atoms with van der Waals surface area (Å²) >= 11 is 1.85. The van der Waals surface area contributed by atoms with Crippen LogP contribution in [0.25, 0.3) is 89.5 Å². The van der Waals surface area contributed by atoms with Gasteiger partial charge in [-0.1, -0.05) is 139 Å². The second kappa shape index (κ2) is 11.9. The van der Waals surface area contributed by atoms with Gasteiger partial charge < -0.3 is 0 Å². The molecule has 0 unspecified atom stereocenters. The maximum absolute atomic E-state index is 5.06. The van der Waals surface area contributed by atoms with Crippen LogP contribution in [0.15, 0.2) is 186 Å². The molecule has 3 aromatic heterocycles. The fourth-order valence-electron chi connectivity index (χ4n) is 7.74. The molecule has 0 saturated heterocycles. The minimum absolute atomic E-state index is 0.633. The number of hydrogen-bond acceptors (Lipinski definition) is 4. The molecule has 0 atom stereocenters. The maximum Gasteiger partial charge on any atom is 0.164 e. The number of fused-ring (bicyclic) bond motifs is 7. The molecule has 248 valence electrons. The van der Waals surface area contributed by atoms with Crippen LogP contribution in [-0.4, -0.2) is 24.1 Å². The largest absolute Gasteiger partial charge is 0.295 e. The number of rotatable bonds is 5. The van der Waals surface area contributed by atoms with Gasteiger partial charge in [-0.2, -0.15) is 0 Å². The summed E-state index contributed by atoms with van der Waals surface area (Å²) < 4.78 is 4.88. The Bertz CT molecular complexity index is 3000. The van der Waals surface area contributed by atoms with Crippen molar-refractivity contribution in [2.45, 2.75) is 9.79 Å². The average molecular weight is 696 g/mol. The van der Waals surface area contributed by atoms with E-state index in [1.54, 1.807) is 0 Å². The quantitative estimate of drug-likeness (QED) is 0.180. The lowest BCUT2D eigenvalue weighted by atomic mass is 10.0. The first kappa shape index (κ1) is 29.9. The van der Waals surface area contributed by atoms with Gasteiger partial charge >= 0.3 is 0 Å². The van der Waals surface area contributed by atoms with Gasteiger partial charge in [0.1, 0.15) is 5.65 Å². The molecule has 6 heteroatoms. The minimum atomic E-state index is 0.633. The van der Waals surface area contributed by atoms with E-state index in [4.69, 9.17) is 15.0 Å². The molecular formula is C47H29N5S. The summed E-state index contributed by atoms with van der Waals surface area (Å²) in [4.78, 5) is 17.6. The van der Waals surface area contributed by atoms with Crippen LogP contribution in [0.4, 0.5) is 0 Å². The third-order valence-electron chi connectivity index (χ3n) is 10.2. The molecule has 10 aromatic rings. The van der Waals surface area contributed by atoms with E-state index in [1.165, 1.54) is 53.9 Å². The second-order valence-corrected chi connectivity index (χ2v) is 14.4. The van der Waals surface area contributed by atoms with Crippen molar-refractivity contribution in [2.24, 2.45) is 0 Å². The van der Waals surface area contributed by atoms with E-state index in [-0.39, 0.29) is 0 Å². The molecule has 0 bridgehead atoms. The van der Waals surface area contributed by atoms with E-state index in [9.17, 15) is 0 Å². The van der Waals surface area contributed by atoms with Gasteiger partial charge in [0.05, 0.1) is 16.7 Å². The van der Waals surface area contributed by atoms with Crippen molar-refractivity contribution in [2.75, 3.05) is 0 Å². The number of nitrogens with zero attached hydrogens (tertiary/aromatic N) is 5. The summed E-state index contributed by atoms with van der Waals surface area (Å²) in [5.74, 6) is 1.92. The first-order valence-corrected chi connectivity index (χ1v) is 18.5. The lowest BCUT2D eigenvalue weighted by molar-refractivity contribution is 1.03. The summed E-state index contributed by atoms with van der Waals surface area (Å²) in [6, 6.07) is 61.8. The standard InChI is InChI=1S/C47H29N5S/c1-3-12-30(13-4-1)31-22-24-33(25-23-31)45-48-44(32-14-5-2-6-15-32)49-46(50-45)34-26-28-35(29-27-34)51-38-18-8-7-16-36(38)42-37-17-11-21-41-43(37)52(47(42)51)39-19-9-10-20-40(39)53-41/h1-29H. The molecule has 0 aliphatic carbocycles. The Labute approximate surface area is 309 Å². The molecule has 0 radical (unpaired) electrons. The van der Waals surface area contributed by atoms with Gasteiger partial charge in [0, 0.05) is 48.3 Å². The SMILES string of the molecule is c1ccc(-c2ccc(-c3nc(-c4ccccc4)nc(-c4ccc(-n5c6ccccc6c6c7cccc8c7n(c65)-c5ccccc5S8)cc4)n3)cc2)cc1. The van der Waals surface area contributed by atoms with Crippen molar-refractivity contribution in [3.05, 3.63) is 176 Å². The number of aromatic nitrogens is 5. The van der Waals surface area contributed by atoms with Gasteiger partial charge in [0.25, 0.3) is 0 Å². The zero-order valence-corrected chi connectivity index (χ0v) is 29.2. The Morgan fingerprint density at radius 1 is 0.377 bits per heavy atom. The van der Waals surface area contributed by atoms with Crippen LogP contribution in [0.5, 0.6) is 0 Å². The third kappa shape index (κ3) is 4.76. The number of para-hydroxylation sites is 3. The molecule has 4 heterocycles. The molecule has 53 heavy (non-hydrogen) atoms. The zero-order valence-electron chi connectivity index (χ0n) is 28.4. The smallest absolute Gasteiger partial charge is 0.164 e. The summed E-state index contributed by atoms with van der Waals surface area (Å²) in [6.07, 6.45) is 0. The molecular weight excluding hydrogens is 667 g/mol. The van der Waals surface area contributed by atoms with E-state index in [1.807, 2.05) is 48.2 Å². The predicted octanol–water partition coefficient (Wildman–Crippen LogP) is 12.0. The highest BCUT2D eigenvalue weighted by atomic mass is 32.2. The summed E-state index contributed by atoms with van der Waals surface area (Å²) in [7, 11) is 0. The summed E-state index contributed by atoms with van der Waals surface area (Å²) in [6.45, 7) is 0. The van der Waals surface area contributed by atoms with Gasteiger partial charge in [-0.25, -0.2) is 15.0 Å². The highest BCUT2D eigenvalue weighted by Gasteiger charge is 2.27. The lowest BCUT2D eigenvalue weighted by Crippen LogP contribution is -2.05. The molecule has 0 N–H and O–H groups in total. The molecule has 11 rings (SSSR count). The van der Waals surface area contributed by atoms with Crippen molar-refractivity contribution in [1.82, 2.24) is 24.1 Å². The molecule has 0 saturated carbocycles.